The van der Waals surface area contributed by atoms with Crippen LogP contribution in [-0.4, -0.2) is 29.7 Å². The fourth-order valence-corrected chi connectivity index (χ4v) is 1.84. The minimum atomic E-state index is -0.482. The van der Waals surface area contributed by atoms with Gasteiger partial charge in [-0.25, -0.2) is 0 Å². The maximum absolute atomic E-state index is 11.3. The van der Waals surface area contributed by atoms with Gasteiger partial charge in [0.05, 0.1) is 18.8 Å². The Balaban J connectivity index is 2.19. The Kier molecular flexibility index (Phi) is 4.55. The van der Waals surface area contributed by atoms with E-state index in [-0.39, 0.29) is 12.0 Å². The van der Waals surface area contributed by atoms with Crippen LogP contribution in [-0.2, 0) is 9.53 Å². The van der Waals surface area contributed by atoms with Crippen molar-refractivity contribution < 1.29 is 14.6 Å². The first-order chi connectivity index (χ1) is 6.59. The molecule has 0 bridgehead atoms. The first-order valence-electron chi connectivity index (χ1n) is 5.42. The van der Waals surface area contributed by atoms with Gasteiger partial charge < -0.3 is 9.84 Å². The fraction of sp³-hybridized carbons (Fsp3) is 0.909. The van der Waals surface area contributed by atoms with Crippen LogP contribution in [0.2, 0.25) is 0 Å². The summed E-state index contributed by atoms with van der Waals surface area (Å²) in [4.78, 5) is 11.3. The van der Waals surface area contributed by atoms with Crippen LogP contribution in [0, 0.1) is 5.92 Å². The van der Waals surface area contributed by atoms with Crippen molar-refractivity contribution in [2.24, 2.45) is 5.92 Å². The molecule has 1 saturated carbocycles. The van der Waals surface area contributed by atoms with Crippen molar-refractivity contribution in [3.8, 4) is 0 Å². The highest BCUT2D eigenvalue weighted by molar-refractivity contribution is 5.82. The summed E-state index contributed by atoms with van der Waals surface area (Å²) in [6.45, 7) is 4.22. The molecule has 3 heteroatoms. The van der Waals surface area contributed by atoms with Crippen molar-refractivity contribution in [3.63, 3.8) is 0 Å². The molecule has 1 aliphatic rings. The number of hydrogen-bond donors (Lipinski definition) is 1. The van der Waals surface area contributed by atoms with Gasteiger partial charge >= 0.3 is 0 Å². The monoisotopic (exact) mass is 200 g/mol. The molecule has 2 atom stereocenters. The molecule has 0 heterocycles. The average molecular weight is 200 g/mol. The number of carbonyl (C=O) groups is 1. The maximum atomic E-state index is 11.3. The van der Waals surface area contributed by atoms with Gasteiger partial charge in [0.15, 0.2) is 0 Å². The molecular formula is C11H20O3. The highest BCUT2D eigenvalue weighted by Crippen LogP contribution is 2.25. The highest BCUT2D eigenvalue weighted by atomic mass is 16.5. The molecule has 1 fully saturated rings. The minimum absolute atomic E-state index is 0.0840. The maximum Gasteiger partial charge on any atom is 0.136 e. The zero-order valence-electron chi connectivity index (χ0n) is 9.03. The Morgan fingerprint density at radius 1 is 1.57 bits per heavy atom. The molecule has 0 aromatic carbocycles. The Morgan fingerprint density at radius 3 is 2.79 bits per heavy atom. The summed E-state index contributed by atoms with van der Waals surface area (Å²) in [7, 11) is 0. The van der Waals surface area contributed by atoms with E-state index < -0.39 is 6.10 Å². The van der Waals surface area contributed by atoms with Gasteiger partial charge in [-0.3, -0.25) is 4.79 Å². The average Bonchev–Trinajstić information content (AvgIpc) is 2.49. The molecule has 0 aromatic heterocycles. The summed E-state index contributed by atoms with van der Waals surface area (Å²) < 4.78 is 5.29. The van der Waals surface area contributed by atoms with Crippen LogP contribution in [0.25, 0.3) is 0 Å². The molecule has 3 nitrogen and oxygen atoms in total. The standard InChI is InChI=1S/C11H20O3/c1-8(2)14-7-10(12)6-9-4-3-5-11(9)13/h8-10,12H,3-7H2,1-2H3. The Hall–Kier alpha value is -0.410. The predicted molar refractivity (Wildman–Crippen MR) is 54.1 cm³/mol. The molecule has 0 saturated heterocycles. The predicted octanol–water partition coefficient (Wildman–Crippen LogP) is 1.53. The molecule has 0 aliphatic heterocycles. The van der Waals surface area contributed by atoms with E-state index in [9.17, 15) is 9.90 Å². The molecule has 82 valence electrons. The molecule has 1 N–H and O–H groups in total. The van der Waals surface area contributed by atoms with Gasteiger partial charge in [0.2, 0.25) is 0 Å². The van der Waals surface area contributed by atoms with Crippen molar-refractivity contribution in [2.75, 3.05) is 6.61 Å². The smallest absolute Gasteiger partial charge is 0.136 e. The molecule has 1 rings (SSSR count). The summed E-state index contributed by atoms with van der Waals surface area (Å²) in [6, 6.07) is 0. The molecular weight excluding hydrogens is 180 g/mol. The van der Waals surface area contributed by atoms with E-state index in [0.717, 1.165) is 12.8 Å². The third-order valence-corrected chi connectivity index (χ3v) is 2.61. The Morgan fingerprint density at radius 2 is 2.29 bits per heavy atom. The second-order valence-corrected chi connectivity index (χ2v) is 4.33. The number of rotatable bonds is 5. The third kappa shape index (κ3) is 3.76. The van der Waals surface area contributed by atoms with Crippen molar-refractivity contribution in [1.82, 2.24) is 0 Å². The Bertz CT molecular complexity index is 189. The van der Waals surface area contributed by atoms with E-state index in [4.69, 9.17) is 4.74 Å². The molecule has 1 aliphatic carbocycles. The number of aliphatic hydroxyl groups is 1. The summed E-state index contributed by atoms with van der Waals surface area (Å²) in [6.07, 6.45) is 2.86. The van der Waals surface area contributed by atoms with Crippen LogP contribution in [0.3, 0.4) is 0 Å². The van der Waals surface area contributed by atoms with Crippen molar-refractivity contribution >= 4 is 5.78 Å². The zero-order valence-corrected chi connectivity index (χ0v) is 9.03. The Labute approximate surface area is 85.5 Å². The molecule has 2 unspecified atom stereocenters. The van der Waals surface area contributed by atoms with Crippen LogP contribution < -0.4 is 0 Å². The molecule has 0 radical (unpaired) electrons. The van der Waals surface area contributed by atoms with Crippen LogP contribution >= 0.6 is 0 Å². The van der Waals surface area contributed by atoms with Crippen LogP contribution in [0.5, 0.6) is 0 Å². The number of ether oxygens (including phenoxy) is 1. The lowest BCUT2D eigenvalue weighted by Crippen LogP contribution is -2.23. The first kappa shape index (κ1) is 11.7. The minimum Gasteiger partial charge on any atom is -0.391 e. The van der Waals surface area contributed by atoms with Crippen molar-refractivity contribution in [3.05, 3.63) is 0 Å². The molecule has 0 aromatic rings. The fourth-order valence-electron chi connectivity index (χ4n) is 1.84. The second-order valence-electron chi connectivity index (χ2n) is 4.33. The van der Waals surface area contributed by atoms with Gasteiger partial charge in [0.1, 0.15) is 5.78 Å². The number of hydrogen-bond acceptors (Lipinski definition) is 3. The van der Waals surface area contributed by atoms with Gasteiger partial charge in [-0.05, 0) is 33.1 Å². The number of Topliss-reactive ketones (excluding diaryl/α,β-unsaturated/α-hetero) is 1. The van der Waals surface area contributed by atoms with E-state index in [2.05, 4.69) is 0 Å². The van der Waals surface area contributed by atoms with Crippen LogP contribution in [0.1, 0.15) is 39.5 Å². The lowest BCUT2D eigenvalue weighted by molar-refractivity contribution is -0.121. The lowest BCUT2D eigenvalue weighted by atomic mass is 9.99. The number of ketones is 1. The van der Waals surface area contributed by atoms with E-state index in [1.54, 1.807) is 0 Å². The third-order valence-electron chi connectivity index (χ3n) is 2.61. The van der Waals surface area contributed by atoms with E-state index in [1.807, 2.05) is 13.8 Å². The van der Waals surface area contributed by atoms with E-state index >= 15 is 0 Å². The normalized spacial score (nSPS) is 24.6. The van der Waals surface area contributed by atoms with Crippen LogP contribution in [0.15, 0.2) is 0 Å². The molecule has 0 amide bonds. The van der Waals surface area contributed by atoms with Gasteiger partial charge in [-0.2, -0.15) is 0 Å². The second kappa shape index (κ2) is 5.47. The SMILES string of the molecule is CC(C)OCC(O)CC1CCCC1=O. The van der Waals surface area contributed by atoms with Crippen LogP contribution in [0.4, 0.5) is 0 Å². The van der Waals surface area contributed by atoms with Crippen molar-refractivity contribution in [2.45, 2.75) is 51.7 Å². The summed E-state index contributed by atoms with van der Waals surface area (Å²) in [5.41, 5.74) is 0. The van der Waals surface area contributed by atoms with Crippen molar-refractivity contribution in [1.29, 1.82) is 0 Å². The van der Waals surface area contributed by atoms with E-state index in [1.165, 1.54) is 0 Å². The first-order valence-corrected chi connectivity index (χ1v) is 5.42. The topological polar surface area (TPSA) is 46.5 Å². The van der Waals surface area contributed by atoms with Gasteiger partial charge in [0.25, 0.3) is 0 Å². The van der Waals surface area contributed by atoms with E-state index in [0.29, 0.717) is 25.2 Å². The molecule has 0 spiro atoms. The van der Waals surface area contributed by atoms with Gasteiger partial charge in [-0.1, -0.05) is 0 Å². The number of carbonyl (C=O) groups excluding carboxylic acids is 1. The lowest BCUT2D eigenvalue weighted by Gasteiger charge is -2.16. The largest absolute Gasteiger partial charge is 0.391 e. The summed E-state index contributed by atoms with van der Waals surface area (Å²) in [5, 5.41) is 9.60. The quantitative estimate of drug-likeness (QED) is 0.732. The molecule has 14 heavy (non-hydrogen) atoms. The number of aliphatic hydroxyl groups excluding tert-OH is 1. The van der Waals surface area contributed by atoms with Gasteiger partial charge in [-0.15, -0.1) is 0 Å². The summed E-state index contributed by atoms with van der Waals surface area (Å²) in [5.74, 6) is 0.398. The van der Waals surface area contributed by atoms with Gasteiger partial charge in [0, 0.05) is 12.3 Å². The highest BCUT2D eigenvalue weighted by Gasteiger charge is 2.26. The zero-order chi connectivity index (χ0) is 10.6. The summed E-state index contributed by atoms with van der Waals surface area (Å²) >= 11 is 0.